The number of nitrogens with zero attached hydrogens (tertiary/aromatic N) is 1. The van der Waals surface area contributed by atoms with Crippen molar-refractivity contribution < 1.29 is 14.3 Å². The van der Waals surface area contributed by atoms with E-state index < -0.39 is 12.0 Å². The Labute approximate surface area is 119 Å². The van der Waals surface area contributed by atoms with Crippen molar-refractivity contribution >= 4 is 22.4 Å². The van der Waals surface area contributed by atoms with Gasteiger partial charge >= 0.3 is 5.97 Å². The van der Waals surface area contributed by atoms with E-state index in [2.05, 4.69) is 10.3 Å². The third-order valence-electron chi connectivity index (χ3n) is 2.71. The zero-order valence-electron chi connectivity index (χ0n) is 10.5. The smallest absolute Gasteiger partial charge is 0.326 e. The number of nitrogens with one attached hydrogen (secondary N) is 1. The lowest BCUT2D eigenvalue weighted by Gasteiger charge is -2.03. The van der Waals surface area contributed by atoms with Gasteiger partial charge in [-0.2, -0.15) is 0 Å². The van der Waals surface area contributed by atoms with Crippen LogP contribution >= 0.6 is 11.3 Å². The second-order valence-electron chi connectivity index (χ2n) is 4.20. The Morgan fingerprint density at radius 1 is 1.45 bits per heavy atom. The number of carboxylic acids is 1. The first kappa shape index (κ1) is 14.4. The van der Waals surface area contributed by atoms with Crippen LogP contribution in [0.25, 0.3) is 0 Å². The minimum atomic E-state index is -1.10. The van der Waals surface area contributed by atoms with Crippen LogP contribution in [-0.2, 0) is 11.2 Å². The first-order valence-corrected chi connectivity index (χ1v) is 6.86. The summed E-state index contributed by atoms with van der Waals surface area (Å²) in [7, 11) is 0. The number of thiazole rings is 1. The van der Waals surface area contributed by atoms with Crippen molar-refractivity contribution in [3.05, 3.63) is 46.7 Å². The highest BCUT2D eigenvalue weighted by Gasteiger charge is 2.17. The van der Waals surface area contributed by atoms with Gasteiger partial charge < -0.3 is 16.2 Å². The molecule has 7 heteroatoms. The van der Waals surface area contributed by atoms with Gasteiger partial charge in [0.25, 0.3) is 0 Å². The van der Waals surface area contributed by atoms with E-state index in [4.69, 9.17) is 10.8 Å². The Bertz CT molecular complexity index is 586. The van der Waals surface area contributed by atoms with E-state index in [9.17, 15) is 9.18 Å². The summed E-state index contributed by atoms with van der Waals surface area (Å²) in [6.07, 6.45) is 0.722. The molecule has 0 spiro atoms. The Kier molecular flexibility index (Phi) is 4.65. The Morgan fingerprint density at radius 2 is 2.15 bits per heavy atom. The molecule has 1 aromatic carbocycles. The number of rotatable bonds is 6. The van der Waals surface area contributed by atoms with Crippen LogP contribution in [0.2, 0.25) is 0 Å². The average Bonchev–Trinajstić information content (AvgIpc) is 2.89. The zero-order chi connectivity index (χ0) is 14.5. The molecule has 4 N–H and O–H groups in total. The second kappa shape index (κ2) is 6.44. The van der Waals surface area contributed by atoms with Crippen LogP contribution in [0.1, 0.15) is 17.3 Å². The van der Waals surface area contributed by atoms with Crippen LogP contribution in [-0.4, -0.2) is 22.6 Å². The predicted molar refractivity (Wildman–Crippen MR) is 75.3 cm³/mol. The van der Waals surface area contributed by atoms with E-state index in [0.29, 0.717) is 17.4 Å². The molecule has 20 heavy (non-hydrogen) atoms. The van der Waals surface area contributed by atoms with Gasteiger partial charge in [0.15, 0.2) is 5.13 Å². The Balaban J connectivity index is 1.85. The summed E-state index contributed by atoms with van der Waals surface area (Å²) in [5.41, 5.74) is 6.82. The number of aromatic nitrogens is 1. The molecule has 2 aromatic rings. The van der Waals surface area contributed by atoms with Crippen molar-refractivity contribution in [1.82, 2.24) is 4.98 Å². The molecule has 1 unspecified atom stereocenters. The summed E-state index contributed by atoms with van der Waals surface area (Å²) in [6.45, 7) is 0.626. The van der Waals surface area contributed by atoms with Crippen molar-refractivity contribution in [3.8, 4) is 0 Å². The molecule has 0 aliphatic rings. The van der Waals surface area contributed by atoms with E-state index >= 15 is 0 Å². The Morgan fingerprint density at radius 3 is 2.80 bits per heavy atom. The van der Waals surface area contributed by atoms with E-state index in [-0.39, 0.29) is 5.82 Å². The molecule has 0 saturated carbocycles. The fourth-order valence-electron chi connectivity index (χ4n) is 1.60. The SMILES string of the molecule is NC(C(=O)O)c1csc(NCCc2ccc(F)cc2)n1. The number of carbonyl (C=O) groups is 1. The molecule has 2 rings (SSSR count). The summed E-state index contributed by atoms with van der Waals surface area (Å²) < 4.78 is 12.7. The van der Waals surface area contributed by atoms with Crippen LogP contribution in [0.3, 0.4) is 0 Å². The average molecular weight is 295 g/mol. The van der Waals surface area contributed by atoms with Crippen molar-refractivity contribution in [1.29, 1.82) is 0 Å². The van der Waals surface area contributed by atoms with E-state index in [1.54, 1.807) is 17.5 Å². The zero-order valence-corrected chi connectivity index (χ0v) is 11.4. The first-order chi connectivity index (χ1) is 9.56. The van der Waals surface area contributed by atoms with Gasteiger partial charge in [0.1, 0.15) is 11.9 Å². The molecule has 106 valence electrons. The van der Waals surface area contributed by atoms with Gasteiger partial charge in [0.05, 0.1) is 5.69 Å². The summed E-state index contributed by atoms with van der Waals surface area (Å²) in [5, 5.41) is 14.1. The fraction of sp³-hybridized carbons (Fsp3) is 0.231. The van der Waals surface area contributed by atoms with Gasteiger partial charge in [-0.1, -0.05) is 12.1 Å². The number of aliphatic carboxylic acids is 1. The third-order valence-corrected chi connectivity index (χ3v) is 3.53. The molecule has 0 aliphatic carbocycles. The number of anilines is 1. The minimum absolute atomic E-state index is 0.256. The molecule has 1 atom stereocenters. The maximum absolute atomic E-state index is 12.7. The highest BCUT2D eigenvalue weighted by atomic mass is 32.1. The van der Waals surface area contributed by atoms with Gasteiger partial charge in [-0.25, -0.2) is 9.37 Å². The van der Waals surface area contributed by atoms with Gasteiger partial charge in [0, 0.05) is 11.9 Å². The lowest BCUT2D eigenvalue weighted by atomic mass is 10.1. The summed E-state index contributed by atoms with van der Waals surface area (Å²) in [5.74, 6) is -1.36. The lowest BCUT2D eigenvalue weighted by molar-refractivity contribution is -0.138. The largest absolute Gasteiger partial charge is 0.480 e. The topological polar surface area (TPSA) is 88.2 Å². The van der Waals surface area contributed by atoms with Gasteiger partial charge in [0.2, 0.25) is 0 Å². The van der Waals surface area contributed by atoms with Crippen molar-refractivity contribution in [2.24, 2.45) is 5.73 Å². The fourth-order valence-corrected chi connectivity index (χ4v) is 2.38. The quantitative estimate of drug-likeness (QED) is 0.759. The maximum atomic E-state index is 12.7. The van der Waals surface area contributed by atoms with Crippen LogP contribution in [0.4, 0.5) is 9.52 Å². The van der Waals surface area contributed by atoms with Crippen LogP contribution < -0.4 is 11.1 Å². The van der Waals surface area contributed by atoms with Crippen LogP contribution in [0.15, 0.2) is 29.6 Å². The molecule has 1 heterocycles. The van der Waals surface area contributed by atoms with Crippen molar-refractivity contribution in [3.63, 3.8) is 0 Å². The van der Waals surface area contributed by atoms with Gasteiger partial charge in [-0.05, 0) is 24.1 Å². The van der Waals surface area contributed by atoms with E-state index in [0.717, 1.165) is 12.0 Å². The third kappa shape index (κ3) is 3.75. The van der Waals surface area contributed by atoms with Crippen molar-refractivity contribution in [2.45, 2.75) is 12.5 Å². The molecule has 1 aromatic heterocycles. The van der Waals surface area contributed by atoms with Crippen molar-refractivity contribution in [2.75, 3.05) is 11.9 Å². The van der Waals surface area contributed by atoms with E-state index in [1.165, 1.54) is 23.5 Å². The highest BCUT2D eigenvalue weighted by Crippen LogP contribution is 2.19. The van der Waals surface area contributed by atoms with Gasteiger partial charge in [-0.15, -0.1) is 11.3 Å². The number of nitrogens with two attached hydrogens (primary N) is 1. The first-order valence-electron chi connectivity index (χ1n) is 5.98. The van der Waals surface area contributed by atoms with E-state index in [1.807, 2.05) is 0 Å². The Hall–Kier alpha value is -1.99. The standard InChI is InChI=1S/C13H14FN3O2S/c14-9-3-1-8(2-4-9)5-6-16-13-17-10(7-20-13)11(15)12(18)19/h1-4,7,11H,5-6,15H2,(H,16,17)(H,18,19). The minimum Gasteiger partial charge on any atom is -0.480 e. The van der Waals surface area contributed by atoms with Crippen LogP contribution in [0, 0.1) is 5.82 Å². The number of hydrogen-bond acceptors (Lipinski definition) is 5. The summed E-state index contributed by atoms with van der Waals surface area (Å²) in [6, 6.07) is 5.19. The molecule has 0 bridgehead atoms. The molecule has 0 amide bonds. The monoisotopic (exact) mass is 295 g/mol. The highest BCUT2D eigenvalue weighted by molar-refractivity contribution is 7.13. The van der Waals surface area contributed by atoms with Crippen LogP contribution in [0.5, 0.6) is 0 Å². The summed E-state index contributed by atoms with van der Waals surface area (Å²) >= 11 is 1.31. The number of benzene rings is 1. The molecular formula is C13H14FN3O2S. The predicted octanol–water partition coefficient (Wildman–Crippen LogP) is 2.02. The lowest BCUT2D eigenvalue weighted by Crippen LogP contribution is -2.21. The number of halogens is 1. The molecule has 0 fully saturated rings. The normalized spacial score (nSPS) is 12.1. The molecular weight excluding hydrogens is 281 g/mol. The molecule has 5 nitrogen and oxygen atoms in total. The number of carboxylic acid groups (broad SMARTS) is 1. The molecule has 0 radical (unpaired) electrons. The molecule has 0 aliphatic heterocycles. The number of hydrogen-bond donors (Lipinski definition) is 3. The second-order valence-corrected chi connectivity index (χ2v) is 5.05. The van der Waals surface area contributed by atoms with Gasteiger partial charge in [-0.3, -0.25) is 4.79 Å². The maximum Gasteiger partial charge on any atom is 0.326 e. The summed E-state index contributed by atoms with van der Waals surface area (Å²) in [4.78, 5) is 14.8. The molecule has 0 saturated heterocycles.